The summed E-state index contributed by atoms with van der Waals surface area (Å²) in [6.07, 6.45) is 5.73. The maximum Gasteiger partial charge on any atom is 0.314 e. The number of urea groups is 1. The Bertz CT molecular complexity index is 1060. The van der Waals surface area contributed by atoms with Crippen molar-refractivity contribution in [1.29, 1.82) is 0 Å². The number of nitrogen functional groups attached to an aromatic ring is 1. The zero-order valence-electron chi connectivity index (χ0n) is 14.8. The lowest BCUT2D eigenvalue weighted by atomic mass is 10.1. The second-order valence-corrected chi connectivity index (χ2v) is 7.07. The number of nitrogens with two attached hydrogens (primary N) is 2. The molecule has 1 atom stereocenters. The first kappa shape index (κ1) is 18.2. The number of piperidine rings is 1. The van der Waals surface area contributed by atoms with Crippen LogP contribution in [-0.4, -0.2) is 49.7 Å². The van der Waals surface area contributed by atoms with Gasteiger partial charge in [-0.05, 0) is 18.9 Å². The quantitative estimate of drug-likeness (QED) is 0.572. The van der Waals surface area contributed by atoms with Gasteiger partial charge in [0.05, 0.1) is 11.2 Å². The molecule has 0 unspecified atom stereocenters. The lowest BCUT2D eigenvalue weighted by Gasteiger charge is -2.32. The van der Waals surface area contributed by atoms with Crippen molar-refractivity contribution in [2.75, 3.05) is 24.2 Å². The fraction of sp³-hybridized carbons (Fsp3) is 0.294. The molecule has 3 aromatic rings. The Morgan fingerprint density at radius 2 is 2.18 bits per heavy atom. The first-order valence-corrected chi connectivity index (χ1v) is 9.05. The average Bonchev–Trinajstić information content (AvgIpc) is 2.99. The van der Waals surface area contributed by atoms with Crippen LogP contribution in [0.25, 0.3) is 22.4 Å². The lowest BCUT2D eigenvalue weighted by molar-refractivity contribution is 0.192. The average molecular weight is 405 g/mol. The monoisotopic (exact) mass is 404 g/mol. The van der Waals surface area contributed by atoms with Crippen LogP contribution in [0.3, 0.4) is 0 Å². The van der Waals surface area contributed by atoms with Gasteiger partial charge >= 0.3 is 6.03 Å². The Labute approximate surface area is 164 Å². The lowest BCUT2D eigenvalue weighted by Crippen LogP contribution is -2.47. The highest BCUT2D eigenvalue weighted by molar-refractivity contribution is 6.31. The van der Waals surface area contributed by atoms with E-state index in [1.54, 1.807) is 12.3 Å². The Morgan fingerprint density at radius 1 is 1.36 bits per heavy atom. The van der Waals surface area contributed by atoms with E-state index in [0.29, 0.717) is 34.7 Å². The third kappa shape index (κ3) is 3.38. The Hall–Kier alpha value is -3.14. The van der Waals surface area contributed by atoms with Gasteiger partial charge in [0.1, 0.15) is 0 Å². The van der Waals surface area contributed by atoms with Gasteiger partial charge in [0.15, 0.2) is 23.1 Å². The van der Waals surface area contributed by atoms with Crippen molar-refractivity contribution in [2.24, 2.45) is 5.73 Å². The number of fused-ring (bicyclic) bond motifs is 1. The zero-order chi connectivity index (χ0) is 19.8. The number of halogens is 2. The molecular weight excluding hydrogens is 387 g/mol. The molecule has 5 N–H and O–H groups in total. The molecule has 146 valence electrons. The number of carbonyl (C=O) groups excluding carboxylic acids is 1. The molecule has 9 nitrogen and oxygen atoms in total. The van der Waals surface area contributed by atoms with Crippen LogP contribution in [0.15, 0.2) is 24.7 Å². The summed E-state index contributed by atoms with van der Waals surface area (Å²) in [6.45, 7) is 0.977. The van der Waals surface area contributed by atoms with Crippen LogP contribution in [0.1, 0.15) is 12.8 Å². The number of rotatable bonds is 3. The molecule has 4 heterocycles. The molecule has 3 aromatic heterocycles. The molecule has 4 rings (SSSR count). The smallest absolute Gasteiger partial charge is 0.314 e. The van der Waals surface area contributed by atoms with Crippen molar-refractivity contribution in [3.8, 4) is 11.4 Å². The number of carbonyl (C=O) groups is 1. The first-order chi connectivity index (χ1) is 13.4. The van der Waals surface area contributed by atoms with Gasteiger partial charge in [-0.1, -0.05) is 11.6 Å². The van der Waals surface area contributed by atoms with E-state index in [2.05, 4.69) is 20.3 Å². The molecule has 2 amide bonds. The molecule has 0 saturated carbocycles. The minimum atomic E-state index is -0.590. The second-order valence-electron chi connectivity index (χ2n) is 6.63. The Balaban J connectivity index is 1.66. The van der Waals surface area contributed by atoms with Crippen LogP contribution < -0.4 is 16.9 Å². The van der Waals surface area contributed by atoms with Crippen molar-refractivity contribution in [3.05, 3.63) is 35.5 Å². The number of likely N-dealkylation sites (tertiary alicyclic amines) is 1. The van der Waals surface area contributed by atoms with E-state index in [1.165, 1.54) is 15.8 Å². The topological polar surface area (TPSA) is 128 Å². The summed E-state index contributed by atoms with van der Waals surface area (Å²) in [5, 5.41) is 4.15. The van der Waals surface area contributed by atoms with Gasteiger partial charge in [-0.3, -0.25) is 4.68 Å². The summed E-state index contributed by atoms with van der Waals surface area (Å²) in [6, 6.07) is 1.05. The summed E-state index contributed by atoms with van der Waals surface area (Å²) in [4.78, 5) is 25.5. The summed E-state index contributed by atoms with van der Waals surface area (Å²) in [7, 11) is 0. The molecule has 1 saturated heterocycles. The van der Waals surface area contributed by atoms with E-state index in [9.17, 15) is 9.18 Å². The van der Waals surface area contributed by atoms with Crippen molar-refractivity contribution in [3.63, 3.8) is 0 Å². The number of aromatic nitrogens is 4. The van der Waals surface area contributed by atoms with E-state index < -0.39 is 11.8 Å². The van der Waals surface area contributed by atoms with E-state index in [0.717, 1.165) is 19.0 Å². The van der Waals surface area contributed by atoms with Crippen molar-refractivity contribution < 1.29 is 9.18 Å². The number of hydrogen-bond acceptors (Lipinski definition) is 6. The number of primary amides is 1. The predicted octanol–water partition coefficient (Wildman–Crippen LogP) is 1.95. The molecule has 1 aliphatic rings. The standard InChI is InChI=1S/C17H18ClFN8O/c18-9-4-11-12(8-27(21)16(11)23-5-9)14-22-6-13(19)15(25-14)24-10-2-1-3-26(7-10)17(20)28/h4-6,8,10H,1-3,7,21H2,(H2,20,28)(H,22,24,25)/t10-/m0/s1. The van der Waals surface area contributed by atoms with Gasteiger partial charge in [-0.2, -0.15) is 0 Å². The van der Waals surface area contributed by atoms with Crippen LogP contribution in [0.2, 0.25) is 5.02 Å². The fourth-order valence-corrected chi connectivity index (χ4v) is 3.53. The van der Waals surface area contributed by atoms with Crippen LogP contribution >= 0.6 is 11.6 Å². The molecule has 1 aliphatic heterocycles. The molecule has 0 radical (unpaired) electrons. The summed E-state index contributed by atoms with van der Waals surface area (Å²) in [5.41, 5.74) is 6.44. The van der Waals surface area contributed by atoms with Gasteiger partial charge in [0, 0.05) is 42.5 Å². The highest BCUT2D eigenvalue weighted by atomic mass is 35.5. The Kier molecular flexibility index (Phi) is 4.63. The summed E-state index contributed by atoms with van der Waals surface area (Å²) < 4.78 is 15.7. The number of nitrogens with zero attached hydrogens (tertiary/aromatic N) is 5. The van der Waals surface area contributed by atoms with Crippen LogP contribution in [0.5, 0.6) is 0 Å². The van der Waals surface area contributed by atoms with E-state index in [4.69, 9.17) is 23.2 Å². The highest BCUT2D eigenvalue weighted by Crippen LogP contribution is 2.29. The van der Waals surface area contributed by atoms with Gasteiger partial charge in [-0.25, -0.2) is 24.1 Å². The number of anilines is 1. The molecule has 0 spiro atoms. The number of pyridine rings is 1. The Morgan fingerprint density at radius 3 is 2.96 bits per heavy atom. The summed E-state index contributed by atoms with van der Waals surface area (Å²) >= 11 is 6.04. The van der Waals surface area contributed by atoms with Crippen molar-refractivity contribution in [2.45, 2.75) is 18.9 Å². The van der Waals surface area contributed by atoms with E-state index in [-0.39, 0.29) is 17.7 Å². The minimum Gasteiger partial charge on any atom is -0.363 e. The SMILES string of the molecule is NC(=O)N1CCC[C@H](Nc2nc(-c3cn(N)c4ncc(Cl)cc34)ncc2F)C1. The number of nitrogens with one attached hydrogen (secondary N) is 1. The molecule has 11 heteroatoms. The highest BCUT2D eigenvalue weighted by Gasteiger charge is 2.24. The summed E-state index contributed by atoms with van der Waals surface area (Å²) in [5.74, 6) is 5.68. The largest absolute Gasteiger partial charge is 0.363 e. The number of amides is 2. The van der Waals surface area contributed by atoms with Crippen LogP contribution in [0, 0.1) is 5.82 Å². The first-order valence-electron chi connectivity index (χ1n) is 8.68. The van der Waals surface area contributed by atoms with E-state index in [1.807, 2.05) is 0 Å². The fourth-order valence-electron chi connectivity index (χ4n) is 3.37. The van der Waals surface area contributed by atoms with Gasteiger partial charge in [-0.15, -0.1) is 0 Å². The molecule has 0 bridgehead atoms. The normalized spacial score (nSPS) is 17.1. The van der Waals surface area contributed by atoms with E-state index >= 15 is 0 Å². The third-order valence-electron chi connectivity index (χ3n) is 4.70. The molecule has 28 heavy (non-hydrogen) atoms. The molecular formula is C17H18ClFN8O. The second kappa shape index (κ2) is 7.12. The van der Waals surface area contributed by atoms with Crippen LogP contribution in [-0.2, 0) is 0 Å². The minimum absolute atomic E-state index is 0.0502. The van der Waals surface area contributed by atoms with Gasteiger partial charge in [0.2, 0.25) is 0 Å². The van der Waals surface area contributed by atoms with Crippen LogP contribution in [0.4, 0.5) is 15.0 Å². The predicted molar refractivity (Wildman–Crippen MR) is 104 cm³/mol. The molecule has 0 aromatic carbocycles. The molecule has 1 fully saturated rings. The van der Waals surface area contributed by atoms with Crippen molar-refractivity contribution >= 4 is 34.5 Å². The van der Waals surface area contributed by atoms with Gasteiger partial charge < -0.3 is 21.8 Å². The third-order valence-corrected chi connectivity index (χ3v) is 4.90. The maximum atomic E-state index is 14.3. The molecule has 0 aliphatic carbocycles. The van der Waals surface area contributed by atoms with Gasteiger partial charge in [0.25, 0.3) is 0 Å². The number of hydrogen-bond donors (Lipinski definition) is 3. The zero-order valence-corrected chi connectivity index (χ0v) is 15.5. The maximum absolute atomic E-state index is 14.3. The van der Waals surface area contributed by atoms with Crippen molar-refractivity contribution in [1.82, 2.24) is 24.5 Å².